The van der Waals surface area contributed by atoms with E-state index in [9.17, 15) is 0 Å². The average Bonchev–Trinajstić information content (AvgIpc) is 3.01. The Morgan fingerprint density at radius 3 is 2.50 bits per heavy atom. The summed E-state index contributed by atoms with van der Waals surface area (Å²) in [6.45, 7) is 9.55. The van der Waals surface area contributed by atoms with E-state index in [2.05, 4.69) is 49.2 Å². The van der Waals surface area contributed by atoms with E-state index in [4.69, 9.17) is 14.1 Å². The van der Waals surface area contributed by atoms with E-state index in [0.29, 0.717) is 17.4 Å². The number of fused-ring (bicyclic) bond motifs is 5. The van der Waals surface area contributed by atoms with Crippen LogP contribution in [0.25, 0.3) is 0 Å². The van der Waals surface area contributed by atoms with Crippen molar-refractivity contribution in [1.29, 1.82) is 0 Å². The molecule has 4 rings (SSSR count). The Morgan fingerprint density at radius 2 is 1.80 bits per heavy atom. The molecule has 168 valence electrons. The van der Waals surface area contributed by atoms with Gasteiger partial charge < -0.3 is 14.1 Å². The molecule has 0 N–H and O–H groups in total. The summed E-state index contributed by atoms with van der Waals surface area (Å²) >= 11 is 0. The molecule has 0 aromatic carbocycles. The smallest absolute Gasteiger partial charge is 0.184 e. The van der Waals surface area contributed by atoms with Gasteiger partial charge in [-0.3, -0.25) is 0 Å². The fourth-order valence-corrected chi connectivity index (χ4v) is 8.68. The molecule has 0 amide bonds. The van der Waals surface area contributed by atoms with Crippen molar-refractivity contribution in [3.05, 3.63) is 11.6 Å². The quantitative estimate of drug-likeness (QED) is 0.314. The van der Waals surface area contributed by atoms with Gasteiger partial charge in [-0.25, -0.2) is 0 Å². The highest BCUT2D eigenvalue weighted by molar-refractivity contribution is 6.69. The predicted octanol–water partition coefficient (Wildman–Crippen LogP) is 5.78. The number of hydrogen-bond acceptors (Lipinski definition) is 5. The van der Waals surface area contributed by atoms with Crippen molar-refractivity contribution in [2.45, 2.75) is 84.0 Å². The molecule has 0 aliphatic heterocycles. The molecule has 3 saturated carbocycles. The number of nitrogens with zero attached hydrogens (tertiary/aromatic N) is 2. The molecule has 4 aliphatic rings. The summed E-state index contributed by atoms with van der Waals surface area (Å²) < 4.78 is 6.74. The van der Waals surface area contributed by atoms with Crippen molar-refractivity contribution in [3.63, 3.8) is 0 Å². The molecular formula is C24H40N2O3Si. The van der Waals surface area contributed by atoms with E-state index in [-0.39, 0.29) is 5.41 Å². The van der Waals surface area contributed by atoms with Gasteiger partial charge in [0.15, 0.2) is 8.32 Å². The van der Waals surface area contributed by atoms with E-state index in [1.165, 1.54) is 37.7 Å². The molecule has 30 heavy (non-hydrogen) atoms. The third kappa shape index (κ3) is 3.68. The lowest BCUT2D eigenvalue weighted by molar-refractivity contribution is -0.0562. The van der Waals surface area contributed by atoms with Gasteiger partial charge in [0.1, 0.15) is 14.2 Å². The second-order valence-electron chi connectivity index (χ2n) is 11.1. The summed E-state index contributed by atoms with van der Waals surface area (Å²) in [6, 6.07) is 0. The Labute approximate surface area is 183 Å². The lowest BCUT2D eigenvalue weighted by Crippen LogP contribution is -2.53. The minimum atomic E-state index is -1.54. The number of hydrogen-bond donors (Lipinski definition) is 0. The van der Waals surface area contributed by atoms with E-state index in [1.54, 1.807) is 14.2 Å². The van der Waals surface area contributed by atoms with Crippen LogP contribution < -0.4 is 0 Å². The SMILES string of the molecule is CO/N=C/[C@]12CC/C(=N\OC)C=C1CC[C@H]1[C@@H]3CC[C@H](O[Si](C)(C)C)[C@@]3(C)CC[C@@H]12. The zero-order valence-corrected chi connectivity index (χ0v) is 20.7. The first-order valence-electron chi connectivity index (χ1n) is 11.8. The molecule has 0 bridgehead atoms. The Bertz CT molecular complexity index is 743. The van der Waals surface area contributed by atoms with Gasteiger partial charge in [0.25, 0.3) is 0 Å². The van der Waals surface area contributed by atoms with Crippen molar-refractivity contribution in [3.8, 4) is 0 Å². The summed E-state index contributed by atoms with van der Waals surface area (Å²) in [7, 11) is 1.76. The Kier molecular flexibility index (Phi) is 5.95. The lowest BCUT2D eigenvalue weighted by Gasteiger charge is -2.58. The molecule has 0 aromatic rings. The molecule has 0 saturated heterocycles. The van der Waals surface area contributed by atoms with Gasteiger partial charge in [-0.1, -0.05) is 22.8 Å². The number of oxime groups is 2. The molecule has 0 radical (unpaired) electrons. The van der Waals surface area contributed by atoms with Crippen LogP contribution in [0.3, 0.4) is 0 Å². The van der Waals surface area contributed by atoms with E-state index >= 15 is 0 Å². The van der Waals surface area contributed by atoms with Gasteiger partial charge in [0, 0.05) is 5.41 Å². The maximum atomic E-state index is 6.74. The molecular weight excluding hydrogens is 392 g/mol. The summed E-state index contributed by atoms with van der Waals surface area (Å²) in [5.41, 5.74) is 2.91. The maximum Gasteiger partial charge on any atom is 0.184 e. The maximum absolute atomic E-state index is 6.74. The van der Waals surface area contributed by atoms with E-state index in [0.717, 1.165) is 36.8 Å². The highest BCUT2D eigenvalue weighted by Crippen LogP contribution is 2.65. The van der Waals surface area contributed by atoms with Gasteiger partial charge in [0.2, 0.25) is 0 Å². The molecule has 5 nitrogen and oxygen atoms in total. The van der Waals surface area contributed by atoms with Crippen LogP contribution in [0.5, 0.6) is 0 Å². The lowest BCUT2D eigenvalue weighted by atomic mass is 9.47. The highest BCUT2D eigenvalue weighted by Gasteiger charge is 2.60. The van der Waals surface area contributed by atoms with Gasteiger partial charge in [-0.05, 0) is 100 Å². The third-order valence-electron chi connectivity index (χ3n) is 8.59. The van der Waals surface area contributed by atoms with Gasteiger partial charge in [0.05, 0.1) is 18.0 Å². The normalized spacial score (nSPS) is 42.5. The van der Waals surface area contributed by atoms with Crippen LogP contribution in [-0.4, -0.2) is 40.6 Å². The van der Waals surface area contributed by atoms with Crippen LogP contribution >= 0.6 is 0 Å². The molecule has 6 heteroatoms. The Morgan fingerprint density at radius 1 is 1.00 bits per heavy atom. The van der Waals surface area contributed by atoms with Crippen molar-refractivity contribution in [1.82, 2.24) is 0 Å². The predicted molar refractivity (Wildman–Crippen MR) is 124 cm³/mol. The molecule has 4 aliphatic carbocycles. The Hall–Kier alpha value is -1.14. The fraction of sp³-hybridized carbons (Fsp3) is 0.833. The number of rotatable bonds is 5. The number of allylic oxidation sites excluding steroid dienone is 2. The first-order valence-corrected chi connectivity index (χ1v) is 15.2. The summed E-state index contributed by atoms with van der Waals surface area (Å²) in [5.74, 6) is 2.16. The van der Waals surface area contributed by atoms with Crippen molar-refractivity contribution < 1.29 is 14.1 Å². The van der Waals surface area contributed by atoms with Crippen LogP contribution in [0, 0.1) is 28.6 Å². The second-order valence-corrected chi connectivity index (χ2v) is 15.6. The summed E-state index contributed by atoms with van der Waals surface area (Å²) in [5, 5.41) is 8.59. The third-order valence-corrected chi connectivity index (χ3v) is 9.58. The monoisotopic (exact) mass is 432 g/mol. The second kappa shape index (κ2) is 8.08. The van der Waals surface area contributed by atoms with E-state index < -0.39 is 8.32 Å². The van der Waals surface area contributed by atoms with Crippen LogP contribution in [0.4, 0.5) is 0 Å². The average molecular weight is 433 g/mol. The molecule has 0 unspecified atom stereocenters. The van der Waals surface area contributed by atoms with Crippen LogP contribution in [0.15, 0.2) is 22.0 Å². The topological polar surface area (TPSA) is 52.4 Å². The van der Waals surface area contributed by atoms with Gasteiger partial charge >= 0.3 is 0 Å². The molecule has 6 atom stereocenters. The minimum Gasteiger partial charge on any atom is -0.414 e. The zero-order chi connectivity index (χ0) is 21.6. The molecule has 0 heterocycles. The van der Waals surface area contributed by atoms with Crippen molar-refractivity contribution >= 4 is 20.2 Å². The highest BCUT2D eigenvalue weighted by atomic mass is 28.4. The van der Waals surface area contributed by atoms with Crippen LogP contribution in [0.2, 0.25) is 19.6 Å². The first kappa shape index (κ1) is 22.1. The van der Waals surface area contributed by atoms with Crippen LogP contribution in [0.1, 0.15) is 58.3 Å². The van der Waals surface area contributed by atoms with Gasteiger partial charge in [-0.2, -0.15) is 0 Å². The largest absolute Gasteiger partial charge is 0.414 e. The Balaban J connectivity index is 1.65. The zero-order valence-electron chi connectivity index (χ0n) is 19.7. The molecule has 0 spiro atoms. The minimum absolute atomic E-state index is 0.0186. The van der Waals surface area contributed by atoms with Gasteiger partial charge in [-0.15, -0.1) is 0 Å². The first-order chi connectivity index (χ1) is 14.2. The molecule has 0 aromatic heterocycles. The van der Waals surface area contributed by atoms with E-state index in [1.807, 2.05) is 0 Å². The standard InChI is InChI=1S/C24H40N2O3Si/c1-23-13-12-21-19(20(23)9-10-22(23)29-30(4,5)6)8-7-17-15-18(26-28-3)11-14-24(17,21)16-25-27-2/h15-16,19-22H,7-14H2,1-6H3/b25-16+,26-18+/t19-,20-,21-,22-,23-,24+/m0/s1. The fourth-order valence-electron chi connectivity index (χ4n) is 7.43. The van der Waals surface area contributed by atoms with Crippen molar-refractivity contribution in [2.24, 2.45) is 38.9 Å². The summed E-state index contributed by atoms with van der Waals surface area (Å²) in [4.78, 5) is 10.3. The van der Waals surface area contributed by atoms with Crippen molar-refractivity contribution in [2.75, 3.05) is 14.2 Å². The summed E-state index contributed by atoms with van der Waals surface area (Å²) in [6.07, 6.45) is 14.4. The van der Waals surface area contributed by atoms with Crippen LogP contribution in [-0.2, 0) is 14.1 Å². The molecule has 3 fully saturated rings.